The number of rotatable bonds is 10. The smallest absolute Gasteiger partial charge is 0.264 e. The lowest BCUT2D eigenvalue weighted by Gasteiger charge is -2.58. The van der Waals surface area contributed by atoms with E-state index in [-0.39, 0.29) is 49.2 Å². The van der Waals surface area contributed by atoms with E-state index in [1.807, 2.05) is 25.1 Å². The minimum Gasteiger partial charge on any atom is -0.484 e. The second-order valence-corrected chi connectivity index (χ2v) is 12.1. The maximum Gasteiger partial charge on any atom is 0.264 e. The zero-order chi connectivity index (χ0) is 28.2. The fourth-order valence-corrected chi connectivity index (χ4v) is 7.30. The molecule has 1 saturated carbocycles. The van der Waals surface area contributed by atoms with Gasteiger partial charge in [0.2, 0.25) is 11.8 Å². The number of amides is 3. The zero-order valence-corrected chi connectivity index (χ0v) is 23.5. The number of carbonyl (C=O) groups excluding carboxylic acids is 3. The molecule has 2 aliphatic carbocycles. The van der Waals surface area contributed by atoms with Crippen LogP contribution in [0.5, 0.6) is 5.75 Å². The Bertz CT molecular complexity index is 1190. The fourth-order valence-electron chi connectivity index (χ4n) is 6.22. The van der Waals surface area contributed by atoms with Gasteiger partial charge in [0.15, 0.2) is 11.7 Å². The van der Waals surface area contributed by atoms with Gasteiger partial charge in [0.05, 0.1) is 18.4 Å². The molecule has 2 aliphatic rings. The molecule has 3 amide bonds. The lowest BCUT2D eigenvalue weighted by molar-refractivity contribution is -0.144. The molecule has 0 spiro atoms. The van der Waals surface area contributed by atoms with Gasteiger partial charge in [0, 0.05) is 42.6 Å². The maximum absolute atomic E-state index is 13.0. The molecule has 1 aromatic heterocycles. The summed E-state index contributed by atoms with van der Waals surface area (Å²) < 4.78 is 5.55. The molecule has 39 heavy (non-hydrogen) atoms. The van der Waals surface area contributed by atoms with Gasteiger partial charge >= 0.3 is 0 Å². The quantitative estimate of drug-likeness (QED) is 0.281. The van der Waals surface area contributed by atoms with Crippen LogP contribution in [0.3, 0.4) is 0 Å². The Labute approximate surface area is 232 Å². The van der Waals surface area contributed by atoms with Crippen molar-refractivity contribution >= 4 is 34.2 Å². The molecule has 1 aromatic carbocycles. The van der Waals surface area contributed by atoms with Crippen molar-refractivity contribution in [3.63, 3.8) is 0 Å². The molecule has 10 nitrogen and oxygen atoms in total. The highest BCUT2D eigenvalue weighted by atomic mass is 32.1. The van der Waals surface area contributed by atoms with Crippen LogP contribution in [0.2, 0.25) is 0 Å². The summed E-state index contributed by atoms with van der Waals surface area (Å²) in [6.07, 6.45) is 1.31. The molecule has 5 unspecified atom stereocenters. The minimum atomic E-state index is -0.734. The van der Waals surface area contributed by atoms with Gasteiger partial charge in [0.25, 0.3) is 5.91 Å². The molecule has 1 fully saturated rings. The Balaban J connectivity index is 1.55. The van der Waals surface area contributed by atoms with Crippen molar-refractivity contribution in [2.45, 2.75) is 58.5 Å². The average molecular weight is 559 g/mol. The first kappa shape index (κ1) is 29.0. The number of anilines is 1. The van der Waals surface area contributed by atoms with Crippen LogP contribution >= 0.6 is 11.3 Å². The summed E-state index contributed by atoms with van der Waals surface area (Å²) >= 11 is 1.37. The van der Waals surface area contributed by atoms with Gasteiger partial charge in [-0.2, -0.15) is 0 Å². The number of hydrogen-bond acceptors (Lipinski definition) is 8. The summed E-state index contributed by atoms with van der Waals surface area (Å²) in [5.41, 5.74) is -0.349. The molecule has 11 heteroatoms. The van der Waals surface area contributed by atoms with Crippen molar-refractivity contribution < 1.29 is 29.3 Å². The number of hydrogen-bond donors (Lipinski definition) is 5. The first-order chi connectivity index (χ1) is 18.6. The van der Waals surface area contributed by atoms with E-state index in [4.69, 9.17) is 9.72 Å². The van der Waals surface area contributed by atoms with Crippen molar-refractivity contribution in [2.24, 2.45) is 16.7 Å². The van der Waals surface area contributed by atoms with E-state index in [0.29, 0.717) is 43.2 Å². The Morgan fingerprint density at radius 3 is 2.54 bits per heavy atom. The number of aliphatic hydroxyl groups excluding tert-OH is 2. The first-order valence-corrected chi connectivity index (χ1v) is 14.2. The molecular formula is C28H38N4O6S. The summed E-state index contributed by atoms with van der Waals surface area (Å²) in [6, 6.07) is 9.07. The standard InChI is InChI=1S/C28H38N4O6S/c1-17(34)29-11-12-30-23(36)13-19-25-20(14-21-27(19,2)10-9-22(35)28(21,3)16-33)39-26(32-25)31-24(37)15-38-18-7-5-4-6-8-18/h4-8,19,21-22,33,35H,9-16H2,1-3H3,(H,29,34)(H,30,36)(H,31,32,37). The largest absolute Gasteiger partial charge is 0.484 e. The van der Waals surface area contributed by atoms with Crippen LogP contribution in [-0.4, -0.2) is 65.3 Å². The second-order valence-electron chi connectivity index (χ2n) is 11.0. The van der Waals surface area contributed by atoms with Crippen molar-refractivity contribution in [1.29, 1.82) is 0 Å². The van der Waals surface area contributed by atoms with Gasteiger partial charge in [-0.15, -0.1) is 11.3 Å². The number of aromatic nitrogens is 1. The highest BCUT2D eigenvalue weighted by Gasteiger charge is 2.59. The highest BCUT2D eigenvalue weighted by Crippen LogP contribution is 2.62. The molecule has 0 saturated heterocycles. The summed E-state index contributed by atoms with van der Waals surface area (Å²) in [7, 11) is 0. The molecule has 4 rings (SSSR count). The normalized spacial score (nSPS) is 27.6. The third-order valence-corrected chi connectivity index (χ3v) is 9.47. The van der Waals surface area contributed by atoms with Gasteiger partial charge in [-0.1, -0.05) is 32.0 Å². The van der Waals surface area contributed by atoms with Crippen LogP contribution in [-0.2, 0) is 20.8 Å². The van der Waals surface area contributed by atoms with Gasteiger partial charge < -0.3 is 25.6 Å². The number of nitrogens with zero attached hydrogens (tertiary/aromatic N) is 1. The molecule has 0 aliphatic heterocycles. The van der Waals surface area contributed by atoms with Crippen molar-refractivity contribution in [2.75, 3.05) is 31.6 Å². The Kier molecular flexibility index (Phi) is 8.93. The second kappa shape index (κ2) is 12.0. The Hall–Kier alpha value is -3.02. The summed E-state index contributed by atoms with van der Waals surface area (Å²) in [5, 5.41) is 30.1. The van der Waals surface area contributed by atoms with Gasteiger partial charge in [-0.25, -0.2) is 4.98 Å². The molecule has 0 radical (unpaired) electrons. The van der Waals surface area contributed by atoms with Crippen LogP contribution in [0.4, 0.5) is 5.13 Å². The fraction of sp³-hybridized carbons (Fsp3) is 0.571. The molecule has 2 aromatic rings. The van der Waals surface area contributed by atoms with Gasteiger partial charge in [-0.3, -0.25) is 19.7 Å². The number of nitrogens with one attached hydrogen (secondary N) is 3. The third kappa shape index (κ3) is 6.26. The number of ether oxygens (including phenoxy) is 1. The molecule has 1 heterocycles. The van der Waals surface area contributed by atoms with Gasteiger partial charge in [0.1, 0.15) is 5.75 Å². The lowest BCUT2D eigenvalue weighted by Crippen LogP contribution is -2.57. The first-order valence-electron chi connectivity index (χ1n) is 13.3. The SMILES string of the molecule is CC(=O)NCCNC(=O)CC1c2nc(NC(=O)COc3ccccc3)sc2CC2C(C)(CO)C(O)CCC12C. The third-order valence-electron chi connectivity index (χ3n) is 8.46. The van der Waals surface area contributed by atoms with Crippen molar-refractivity contribution in [3.8, 4) is 5.75 Å². The van der Waals surface area contributed by atoms with Crippen molar-refractivity contribution in [3.05, 3.63) is 40.9 Å². The molecule has 5 atom stereocenters. The summed E-state index contributed by atoms with van der Waals surface area (Å²) in [5.74, 6) is -0.427. The monoisotopic (exact) mass is 558 g/mol. The number of aliphatic hydroxyl groups is 2. The number of fused-ring (bicyclic) bond motifs is 2. The highest BCUT2D eigenvalue weighted by molar-refractivity contribution is 7.15. The van der Waals surface area contributed by atoms with Crippen molar-refractivity contribution in [1.82, 2.24) is 15.6 Å². The van der Waals surface area contributed by atoms with E-state index in [1.165, 1.54) is 18.3 Å². The predicted molar refractivity (Wildman–Crippen MR) is 147 cm³/mol. The average Bonchev–Trinajstić information content (AvgIpc) is 3.31. The van der Waals surface area contributed by atoms with Crippen LogP contribution in [0.25, 0.3) is 0 Å². The Morgan fingerprint density at radius 1 is 1.13 bits per heavy atom. The Morgan fingerprint density at radius 2 is 1.85 bits per heavy atom. The maximum atomic E-state index is 13.0. The molecule has 212 valence electrons. The predicted octanol–water partition coefficient (Wildman–Crippen LogP) is 2.22. The molecule has 0 bridgehead atoms. The zero-order valence-electron chi connectivity index (χ0n) is 22.7. The summed E-state index contributed by atoms with van der Waals surface area (Å²) in [6.45, 7) is 5.78. The van der Waals surface area contributed by atoms with E-state index < -0.39 is 16.9 Å². The van der Waals surface area contributed by atoms with Crippen LogP contribution in [0, 0.1) is 16.7 Å². The van der Waals surface area contributed by atoms with E-state index in [0.717, 1.165) is 10.6 Å². The topological polar surface area (TPSA) is 150 Å². The summed E-state index contributed by atoms with van der Waals surface area (Å²) in [4.78, 5) is 42.6. The van der Waals surface area contributed by atoms with E-state index >= 15 is 0 Å². The lowest BCUT2D eigenvalue weighted by atomic mass is 9.47. The van der Waals surface area contributed by atoms with E-state index in [9.17, 15) is 24.6 Å². The van der Waals surface area contributed by atoms with E-state index in [1.54, 1.807) is 12.1 Å². The molecule has 5 N–H and O–H groups in total. The number of benzene rings is 1. The van der Waals surface area contributed by atoms with Crippen LogP contribution in [0.15, 0.2) is 30.3 Å². The number of para-hydroxylation sites is 1. The number of carbonyl (C=O) groups is 3. The van der Waals surface area contributed by atoms with Crippen LogP contribution < -0.4 is 20.7 Å². The molecular weight excluding hydrogens is 520 g/mol. The van der Waals surface area contributed by atoms with Crippen LogP contribution in [0.1, 0.15) is 56.5 Å². The van der Waals surface area contributed by atoms with Gasteiger partial charge in [-0.05, 0) is 42.7 Å². The van der Waals surface area contributed by atoms with E-state index in [2.05, 4.69) is 22.9 Å². The minimum absolute atomic E-state index is 0.0890. The number of thiazole rings is 1.